The first-order chi connectivity index (χ1) is 15.6. The monoisotopic (exact) mass is 495 g/mol. The Morgan fingerprint density at radius 1 is 1.03 bits per heavy atom. The molecule has 0 unspecified atom stereocenters. The number of hydrogen-bond acceptors (Lipinski definition) is 6. The van der Waals surface area contributed by atoms with E-state index in [1.54, 1.807) is 25.1 Å². The highest BCUT2D eigenvalue weighted by Crippen LogP contribution is 2.26. The van der Waals surface area contributed by atoms with Gasteiger partial charge in [0.05, 0.1) is 16.4 Å². The highest BCUT2D eigenvalue weighted by molar-refractivity contribution is 7.89. The Hall–Kier alpha value is -2.31. The second-order valence-electron chi connectivity index (χ2n) is 7.93. The number of methoxy groups -OCH3 is 1. The molecule has 2 aromatic rings. The molecule has 33 heavy (non-hydrogen) atoms. The molecule has 9 nitrogen and oxygen atoms in total. The third-order valence-electron chi connectivity index (χ3n) is 5.31. The van der Waals surface area contributed by atoms with Crippen LogP contribution < -0.4 is 10.0 Å². The third-order valence-corrected chi connectivity index (χ3v) is 8.84. The van der Waals surface area contributed by atoms with Crippen LogP contribution in [0.1, 0.15) is 26.2 Å². The van der Waals surface area contributed by atoms with Crippen molar-refractivity contribution in [1.29, 1.82) is 0 Å². The van der Waals surface area contributed by atoms with Crippen molar-refractivity contribution >= 4 is 31.6 Å². The number of sulfonamides is 2. The van der Waals surface area contributed by atoms with Crippen molar-refractivity contribution in [2.45, 2.75) is 48.1 Å². The van der Waals surface area contributed by atoms with E-state index in [1.807, 2.05) is 0 Å². The van der Waals surface area contributed by atoms with Crippen molar-refractivity contribution in [3.8, 4) is 0 Å². The maximum Gasteiger partial charge on any atom is 0.243 e. The Kier molecular flexibility index (Phi) is 8.24. The van der Waals surface area contributed by atoms with Crippen molar-refractivity contribution in [3.63, 3.8) is 0 Å². The molecule has 1 heterocycles. The molecule has 2 atom stereocenters. The number of ether oxygens (including phenoxy) is 1. The molecular weight excluding hydrogens is 466 g/mol. The minimum Gasteiger partial charge on any atom is -0.383 e. The molecule has 0 aliphatic carbocycles. The van der Waals surface area contributed by atoms with E-state index in [-0.39, 0.29) is 22.9 Å². The van der Waals surface area contributed by atoms with E-state index >= 15 is 0 Å². The molecule has 0 saturated carbocycles. The summed E-state index contributed by atoms with van der Waals surface area (Å²) in [5.74, 6) is -0.448. The minimum absolute atomic E-state index is 0.0504. The Morgan fingerprint density at radius 2 is 1.70 bits per heavy atom. The van der Waals surface area contributed by atoms with Crippen LogP contribution in [0.25, 0.3) is 0 Å². The van der Waals surface area contributed by atoms with Crippen molar-refractivity contribution in [2.75, 3.05) is 25.6 Å². The van der Waals surface area contributed by atoms with E-state index in [9.17, 15) is 21.6 Å². The van der Waals surface area contributed by atoms with Crippen molar-refractivity contribution in [1.82, 2.24) is 9.03 Å². The van der Waals surface area contributed by atoms with Crippen LogP contribution in [-0.2, 0) is 29.6 Å². The number of amides is 1. The number of carbonyl (C=O) groups is 1. The summed E-state index contributed by atoms with van der Waals surface area (Å²) in [7, 11) is -6.07. The maximum atomic E-state index is 13.1. The molecule has 0 radical (unpaired) electrons. The van der Waals surface area contributed by atoms with Gasteiger partial charge in [0.1, 0.15) is 6.04 Å². The molecule has 2 N–H and O–H groups in total. The van der Waals surface area contributed by atoms with Crippen molar-refractivity contribution in [2.24, 2.45) is 0 Å². The van der Waals surface area contributed by atoms with Gasteiger partial charge in [-0.3, -0.25) is 4.79 Å². The summed E-state index contributed by atoms with van der Waals surface area (Å²) in [6.07, 6.45) is 1.82. The van der Waals surface area contributed by atoms with Crippen molar-refractivity contribution in [3.05, 3.63) is 54.6 Å². The van der Waals surface area contributed by atoms with Gasteiger partial charge < -0.3 is 10.1 Å². The molecule has 180 valence electrons. The Bertz CT molecular complexity index is 1150. The van der Waals surface area contributed by atoms with E-state index in [2.05, 4.69) is 10.0 Å². The fourth-order valence-corrected chi connectivity index (χ4v) is 6.65. The van der Waals surface area contributed by atoms with Gasteiger partial charge in [0.25, 0.3) is 0 Å². The van der Waals surface area contributed by atoms with E-state index in [0.717, 1.165) is 6.42 Å². The number of piperidine rings is 1. The van der Waals surface area contributed by atoms with Gasteiger partial charge in [-0.05, 0) is 56.2 Å². The highest BCUT2D eigenvalue weighted by Gasteiger charge is 2.37. The largest absolute Gasteiger partial charge is 0.383 e. The fourth-order valence-electron chi connectivity index (χ4n) is 3.74. The Morgan fingerprint density at radius 3 is 2.33 bits per heavy atom. The van der Waals surface area contributed by atoms with Gasteiger partial charge in [-0.2, -0.15) is 4.31 Å². The van der Waals surface area contributed by atoms with Crippen LogP contribution in [0.5, 0.6) is 0 Å². The van der Waals surface area contributed by atoms with Gasteiger partial charge in [-0.25, -0.2) is 21.6 Å². The SMILES string of the molecule is COC[C@@H](C)NS(=O)(=O)c1ccc(NC(=O)[C@@H]2CCCCN2S(=O)(=O)c2ccccc2)cc1. The summed E-state index contributed by atoms with van der Waals surface area (Å²) in [5.41, 5.74) is 0.381. The lowest BCUT2D eigenvalue weighted by Gasteiger charge is -2.33. The minimum atomic E-state index is -3.82. The summed E-state index contributed by atoms with van der Waals surface area (Å²) >= 11 is 0. The highest BCUT2D eigenvalue weighted by atomic mass is 32.2. The molecule has 1 amide bonds. The van der Waals surface area contributed by atoms with E-state index in [4.69, 9.17) is 4.74 Å². The molecule has 0 bridgehead atoms. The zero-order valence-corrected chi connectivity index (χ0v) is 20.2. The lowest BCUT2D eigenvalue weighted by atomic mass is 10.0. The number of nitrogens with one attached hydrogen (secondary N) is 2. The van der Waals surface area contributed by atoms with Crippen LogP contribution in [0.3, 0.4) is 0 Å². The first-order valence-corrected chi connectivity index (χ1v) is 13.6. The number of nitrogens with zero attached hydrogens (tertiary/aromatic N) is 1. The molecule has 0 aromatic heterocycles. The van der Waals surface area contributed by atoms with Crippen LogP contribution in [-0.4, -0.2) is 59.4 Å². The normalized spacial score (nSPS) is 18.5. The van der Waals surface area contributed by atoms with Gasteiger partial charge in [-0.15, -0.1) is 0 Å². The lowest BCUT2D eigenvalue weighted by molar-refractivity contribution is -0.120. The first kappa shape index (κ1) is 25.3. The van der Waals surface area contributed by atoms with E-state index in [1.165, 1.54) is 47.8 Å². The van der Waals surface area contributed by atoms with E-state index < -0.39 is 38.0 Å². The summed E-state index contributed by atoms with van der Waals surface area (Å²) in [5, 5.41) is 2.72. The van der Waals surface area contributed by atoms with Gasteiger partial charge in [0.2, 0.25) is 26.0 Å². The molecule has 3 rings (SSSR count). The molecule has 1 fully saturated rings. The maximum absolute atomic E-state index is 13.1. The quantitative estimate of drug-likeness (QED) is 0.550. The van der Waals surface area contributed by atoms with Gasteiger partial charge >= 0.3 is 0 Å². The number of benzene rings is 2. The van der Waals surface area contributed by atoms with Gasteiger partial charge in [0.15, 0.2) is 0 Å². The number of rotatable bonds is 9. The summed E-state index contributed by atoms with van der Waals surface area (Å²) in [6.45, 7) is 2.18. The summed E-state index contributed by atoms with van der Waals surface area (Å²) in [6, 6.07) is 12.5. The van der Waals surface area contributed by atoms with Crippen LogP contribution in [0.15, 0.2) is 64.4 Å². The third kappa shape index (κ3) is 6.18. The molecule has 0 spiro atoms. The predicted octanol–water partition coefficient (Wildman–Crippen LogP) is 2.18. The summed E-state index contributed by atoms with van der Waals surface area (Å²) < 4.78 is 59.8. The second-order valence-corrected chi connectivity index (χ2v) is 11.5. The molecule has 1 aliphatic heterocycles. The van der Waals surface area contributed by atoms with Gasteiger partial charge in [-0.1, -0.05) is 24.6 Å². The van der Waals surface area contributed by atoms with Crippen LogP contribution >= 0.6 is 0 Å². The zero-order valence-electron chi connectivity index (χ0n) is 18.6. The topological polar surface area (TPSA) is 122 Å². The van der Waals surface area contributed by atoms with E-state index in [0.29, 0.717) is 18.5 Å². The lowest BCUT2D eigenvalue weighted by Crippen LogP contribution is -2.49. The van der Waals surface area contributed by atoms with Crippen molar-refractivity contribution < 1.29 is 26.4 Å². The first-order valence-electron chi connectivity index (χ1n) is 10.6. The number of anilines is 1. The second kappa shape index (κ2) is 10.7. The average Bonchev–Trinajstić information content (AvgIpc) is 2.80. The molecule has 1 aliphatic rings. The summed E-state index contributed by atoms with van der Waals surface area (Å²) in [4.78, 5) is 13.2. The predicted molar refractivity (Wildman–Crippen MR) is 125 cm³/mol. The fraction of sp³-hybridized carbons (Fsp3) is 0.409. The standard InChI is InChI=1S/C22H29N3O6S2/c1-17(16-31-2)24-32(27,28)19-13-11-18(12-14-19)23-22(26)21-10-6-7-15-25(21)33(29,30)20-8-4-3-5-9-20/h3-5,8-9,11-14,17,21,24H,6-7,10,15-16H2,1-2H3,(H,23,26)/t17-,21+/m1/s1. The molecular formula is C22H29N3O6S2. The Labute approximate surface area is 195 Å². The smallest absolute Gasteiger partial charge is 0.243 e. The number of carbonyl (C=O) groups excluding carboxylic acids is 1. The van der Waals surface area contributed by atoms with Crippen LogP contribution in [0, 0.1) is 0 Å². The molecule has 11 heteroatoms. The average molecular weight is 496 g/mol. The zero-order chi connectivity index (χ0) is 24.1. The molecule has 1 saturated heterocycles. The Balaban J connectivity index is 1.73. The van der Waals surface area contributed by atoms with Crippen LogP contribution in [0.4, 0.5) is 5.69 Å². The van der Waals surface area contributed by atoms with Crippen LogP contribution in [0.2, 0.25) is 0 Å². The molecule has 2 aromatic carbocycles. The number of hydrogen-bond donors (Lipinski definition) is 2. The van der Waals surface area contributed by atoms with Gasteiger partial charge in [0, 0.05) is 25.4 Å².